The molecule has 0 aromatic rings. The van der Waals surface area contributed by atoms with Gasteiger partial charge in [0, 0.05) is 0 Å². The van der Waals surface area contributed by atoms with Crippen LogP contribution in [-0.2, 0) is 4.79 Å². The molecule has 0 heterocycles. The average Bonchev–Trinajstić information content (AvgIpc) is 1.84. The van der Waals surface area contributed by atoms with E-state index in [-0.39, 0.29) is 6.54 Å². The molecule has 0 aliphatic heterocycles. The summed E-state index contributed by atoms with van der Waals surface area (Å²) < 4.78 is 0. The second-order valence-corrected chi connectivity index (χ2v) is 2.71. The van der Waals surface area contributed by atoms with Gasteiger partial charge in [-0.05, 0) is 13.8 Å². The molecular weight excluding hydrogens is 148 g/mol. The highest BCUT2D eigenvalue weighted by atomic mass is 16.4. The van der Waals surface area contributed by atoms with Crippen molar-refractivity contribution in [3.63, 3.8) is 0 Å². The van der Waals surface area contributed by atoms with Crippen LogP contribution in [0.15, 0.2) is 5.16 Å². The fraction of sp³-hybridized carbons (Fsp3) is 0.667. The largest absolute Gasteiger partial charge is 0.480 e. The summed E-state index contributed by atoms with van der Waals surface area (Å²) >= 11 is 0. The first-order chi connectivity index (χ1) is 4.98. The van der Waals surface area contributed by atoms with Gasteiger partial charge in [0.1, 0.15) is 0 Å². The predicted molar refractivity (Wildman–Crippen MR) is 40.0 cm³/mol. The zero-order valence-corrected chi connectivity index (χ0v) is 6.53. The van der Waals surface area contributed by atoms with Crippen molar-refractivity contribution in [3.8, 4) is 0 Å². The van der Waals surface area contributed by atoms with Crippen molar-refractivity contribution in [2.45, 2.75) is 19.4 Å². The molecule has 0 aromatic carbocycles. The van der Waals surface area contributed by atoms with E-state index in [1.807, 2.05) is 0 Å². The minimum absolute atomic E-state index is 0.154. The molecule has 3 N–H and O–H groups in total. The van der Waals surface area contributed by atoms with Gasteiger partial charge in [0.05, 0.1) is 18.3 Å². The lowest BCUT2D eigenvalue weighted by Crippen LogP contribution is -2.43. The number of aliphatic carboxylic acids is 1. The van der Waals surface area contributed by atoms with E-state index >= 15 is 0 Å². The number of nitrogens with zero attached hydrogens (tertiary/aromatic N) is 1. The Morgan fingerprint density at radius 2 is 2.27 bits per heavy atom. The molecule has 0 saturated heterocycles. The zero-order chi connectivity index (χ0) is 8.91. The van der Waals surface area contributed by atoms with Gasteiger partial charge >= 0.3 is 5.97 Å². The summed E-state index contributed by atoms with van der Waals surface area (Å²) in [5, 5.41) is 21.9. The highest BCUT2D eigenvalue weighted by Gasteiger charge is 2.14. The van der Waals surface area contributed by atoms with Crippen LogP contribution in [0.5, 0.6) is 0 Å². The minimum Gasteiger partial charge on any atom is -0.480 e. The van der Waals surface area contributed by atoms with Crippen molar-refractivity contribution in [2.24, 2.45) is 5.16 Å². The fourth-order valence-corrected chi connectivity index (χ4v) is 0.493. The summed E-state index contributed by atoms with van der Waals surface area (Å²) in [6.45, 7) is 3.25. The molecule has 0 bridgehead atoms. The van der Waals surface area contributed by atoms with Crippen LogP contribution < -0.4 is 5.32 Å². The maximum atomic E-state index is 10.1. The first-order valence-electron chi connectivity index (χ1n) is 3.13. The number of carbonyl (C=O) groups is 1. The van der Waals surface area contributed by atoms with E-state index in [0.717, 1.165) is 0 Å². The first-order valence-corrected chi connectivity index (χ1v) is 3.13. The molecule has 0 atom stereocenters. The van der Waals surface area contributed by atoms with Crippen LogP contribution in [0.4, 0.5) is 0 Å². The van der Waals surface area contributed by atoms with Crippen molar-refractivity contribution < 1.29 is 15.1 Å². The normalized spacial score (nSPS) is 12.2. The van der Waals surface area contributed by atoms with Gasteiger partial charge in [0.25, 0.3) is 0 Å². The fourth-order valence-electron chi connectivity index (χ4n) is 0.493. The van der Waals surface area contributed by atoms with Gasteiger partial charge in [-0.3, -0.25) is 10.1 Å². The van der Waals surface area contributed by atoms with Crippen LogP contribution in [0.25, 0.3) is 0 Å². The third kappa shape index (κ3) is 5.35. The number of hydrogen-bond acceptors (Lipinski definition) is 4. The van der Waals surface area contributed by atoms with Crippen molar-refractivity contribution in [1.29, 1.82) is 0 Å². The maximum Gasteiger partial charge on any atom is 0.317 e. The smallest absolute Gasteiger partial charge is 0.317 e. The van der Waals surface area contributed by atoms with E-state index in [9.17, 15) is 4.79 Å². The Morgan fingerprint density at radius 1 is 1.73 bits per heavy atom. The number of hydrogen-bond donors (Lipinski definition) is 3. The van der Waals surface area contributed by atoms with E-state index in [0.29, 0.717) is 0 Å². The Labute approximate surface area is 64.7 Å². The number of rotatable bonds is 4. The highest BCUT2D eigenvalue weighted by molar-refractivity contribution is 5.72. The lowest BCUT2D eigenvalue weighted by molar-refractivity contribution is -0.136. The van der Waals surface area contributed by atoms with Crippen LogP contribution >= 0.6 is 0 Å². The van der Waals surface area contributed by atoms with Gasteiger partial charge in [0.15, 0.2) is 0 Å². The van der Waals surface area contributed by atoms with Gasteiger partial charge < -0.3 is 10.3 Å². The molecule has 64 valence electrons. The Balaban J connectivity index is 3.82. The molecule has 5 nitrogen and oxygen atoms in total. The topological polar surface area (TPSA) is 81.9 Å². The molecule has 0 aliphatic carbocycles. The quantitative estimate of drug-likeness (QED) is 0.304. The predicted octanol–water partition coefficient (Wildman–Crippen LogP) is -0.101. The molecule has 0 unspecified atom stereocenters. The van der Waals surface area contributed by atoms with Crippen LogP contribution in [0.3, 0.4) is 0 Å². The number of carboxylic acid groups (broad SMARTS) is 1. The van der Waals surface area contributed by atoms with E-state index in [4.69, 9.17) is 10.3 Å². The average molecular weight is 160 g/mol. The van der Waals surface area contributed by atoms with E-state index < -0.39 is 11.5 Å². The molecule has 0 radical (unpaired) electrons. The van der Waals surface area contributed by atoms with Gasteiger partial charge in [0.2, 0.25) is 0 Å². The van der Waals surface area contributed by atoms with Crippen molar-refractivity contribution in [2.75, 3.05) is 6.54 Å². The third-order valence-corrected chi connectivity index (χ3v) is 1.08. The van der Waals surface area contributed by atoms with Gasteiger partial charge in [-0.2, -0.15) is 0 Å². The molecule has 5 heteroatoms. The minimum atomic E-state index is -0.940. The summed E-state index contributed by atoms with van der Waals surface area (Å²) in [5.74, 6) is -0.940. The van der Waals surface area contributed by atoms with Crippen molar-refractivity contribution >= 4 is 12.2 Å². The van der Waals surface area contributed by atoms with Crippen LogP contribution in [0.2, 0.25) is 0 Å². The third-order valence-electron chi connectivity index (χ3n) is 1.08. The van der Waals surface area contributed by atoms with Crippen LogP contribution in [-0.4, -0.2) is 34.6 Å². The lowest BCUT2D eigenvalue weighted by Gasteiger charge is -2.18. The van der Waals surface area contributed by atoms with Crippen molar-refractivity contribution in [1.82, 2.24) is 5.32 Å². The Hall–Kier alpha value is -1.10. The standard InChI is InChI=1S/C6H12N2O3/c1-6(2,4-8-11)7-3-5(9)10/h4,7,11H,3H2,1-2H3,(H,9,10)/b8-4+. The van der Waals surface area contributed by atoms with Crippen LogP contribution in [0, 0.1) is 0 Å². The number of nitrogens with one attached hydrogen (secondary N) is 1. The molecular formula is C6H12N2O3. The molecule has 0 spiro atoms. The van der Waals surface area contributed by atoms with E-state index in [1.165, 1.54) is 6.21 Å². The molecule has 0 rings (SSSR count). The summed E-state index contributed by atoms with van der Waals surface area (Å²) in [7, 11) is 0. The van der Waals surface area contributed by atoms with Gasteiger partial charge in [-0.15, -0.1) is 5.16 Å². The molecule has 0 aliphatic rings. The Morgan fingerprint density at radius 3 is 2.64 bits per heavy atom. The zero-order valence-electron chi connectivity index (χ0n) is 6.53. The molecule has 11 heavy (non-hydrogen) atoms. The molecule has 0 saturated carbocycles. The van der Waals surface area contributed by atoms with Crippen molar-refractivity contribution in [3.05, 3.63) is 0 Å². The first kappa shape index (κ1) is 9.90. The molecule has 0 fully saturated rings. The van der Waals surface area contributed by atoms with Gasteiger partial charge in [-0.1, -0.05) is 0 Å². The monoisotopic (exact) mass is 160 g/mol. The second-order valence-electron chi connectivity index (χ2n) is 2.71. The Bertz CT molecular complexity index is 165. The molecule has 0 aromatic heterocycles. The van der Waals surface area contributed by atoms with Gasteiger partial charge in [-0.25, -0.2) is 0 Å². The summed E-state index contributed by atoms with van der Waals surface area (Å²) in [6.07, 6.45) is 1.23. The lowest BCUT2D eigenvalue weighted by atomic mass is 10.1. The number of carboxylic acids is 1. The summed E-state index contributed by atoms with van der Waals surface area (Å²) in [6, 6.07) is 0. The van der Waals surface area contributed by atoms with Crippen LogP contribution in [0.1, 0.15) is 13.8 Å². The maximum absolute atomic E-state index is 10.1. The highest BCUT2D eigenvalue weighted by Crippen LogP contribution is 1.95. The second kappa shape index (κ2) is 3.92. The van der Waals surface area contributed by atoms with E-state index in [2.05, 4.69) is 10.5 Å². The summed E-state index contributed by atoms with van der Waals surface area (Å²) in [5.41, 5.74) is -0.590. The molecule has 0 amide bonds. The summed E-state index contributed by atoms with van der Waals surface area (Å²) in [4.78, 5) is 10.1. The SMILES string of the molecule is CC(C)(/C=N/O)NCC(=O)O. The number of oxime groups is 1. The van der Waals surface area contributed by atoms with E-state index in [1.54, 1.807) is 13.8 Å². The Kier molecular flexibility index (Phi) is 3.53.